The zero-order valence-corrected chi connectivity index (χ0v) is 10.5. The highest BCUT2D eigenvalue weighted by Gasteiger charge is 2.22. The molecule has 16 heavy (non-hydrogen) atoms. The molecule has 0 aliphatic carbocycles. The van der Waals surface area contributed by atoms with E-state index in [0.717, 1.165) is 6.26 Å². The van der Waals surface area contributed by atoms with Crippen LogP contribution >= 0.6 is 0 Å². The summed E-state index contributed by atoms with van der Waals surface area (Å²) in [5.41, 5.74) is -0.306. The zero-order valence-electron chi connectivity index (χ0n) is 9.69. The van der Waals surface area contributed by atoms with Gasteiger partial charge in [-0.15, -0.1) is 0 Å². The third-order valence-electron chi connectivity index (χ3n) is 2.43. The van der Waals surface area contributed by atoms with Crippen LogP contribution in [0.4, 0.5) is 0 Å². The third-order valence-corrected chi connectivity index (χ3v) is 3.55. The fraction of sp³-hybridized carbons (Fsp3) is 0.455. The van der Waals surface area contributed by atoms with E-state index in [1.54, 1.807) is 26.1 Å². The lowest BCUT2D eigenvalue weighted by Crippen LogP contribution is -2.33. The van der Waals surface area contributed by atoms with Gasteiger partial charge in [-0.3, -0.25) is 0 Å². The maximum absolute atomic E-state index is 11.2. The second-order valence-electron chi connectivity index (χ2n) is 4.10. The van der Waals surface area contributed by atoms with E-state index in [9.17, 15) is 13.5 Å². The van der Waals surface area contributed by atoms with Crippen molar-refractivity contribution >= 4 is 9.84 Å². The molecule has 0 spiro atoms. The lowest BCUT2D eigenvalue weighted by atomic mass is 9.96. The monoisotopic (exact) mass is 243 g/mol. The molecule has 0 aliphatic heterocycles. The molecule has 1 unspecified atom stereocenters. The Hall–Kier alpha value is -0.910. The predicted molar refractivity (Wildman–Crippen MR) is 63.0 cm³/mol. The minimum Gasteiger partial charge on any atom is -0.384 e. The summed E-state index contributed by atoms with van der Waals surface area (Å²) in [5.74, 6) is 0. The topological polar surface area (TPSA) is 66.4 Å². The number of nitrogens with one attached hydrogen (secondary N) is 1. The largest absolute Gasteiger partial charge is 0.384 e. The van der Waals surface area contributed by atoms with Crippen molar-refractivity contribution in [2.75, 3.05) is 19.8 Å². The lowest BCUT2D eigenvalue weighted by molar-refractivity contribution is 0.0591. The van der Waals surface area contributed by atoms with E-state index in [4.69, 9.17) is 0 Å². The van der Waals surface area contributed by atoms with Crippen LogP contribution in [0.5, 0.6) is 0 Å². The van der Waals surface area contributed by atoms with Crippen LogP contribution < -0.4 is 5.32 Å². The molecule has 0 fully saturated rings. The highest BCUT2D eigenvalue weighted by Crippen LogP contribution is 2.21. The van der Waals surface area contributed by atoms with E-state index in [-0.39, 0.29) is 4.90 Å². The van der Waals surface area contributed by atoms with Gasteiger partial charge in [0.15, 0.2) is 9.84 Å². The summed E-state index contributed by atoms with van der Waals surface area (Å²) in [4.78, 5) is 0.261. The molecule has 5 heteroatoms. The van der Waals surface area contributed by atoms with Gasteiger partial charge in [0.2, 0.25) is 0 Å². The Bertz CT molecular complexity index is 449. The van der Waals surface area contributed by atoms with Crippen LogP contribution in [0.3, 0.4) is 0 Å². The SMILES string of the molecule is CNCC(C)(O)c1ccc(S(C)(=O)=O)cc1. The van der Waals surface area contributed by atoms with Gasteiger partial charge >= 0.3 is 0 Å². The maximum atomic E-state index is 11.2. The molecule has 0 saturated heterocycles. The van der Waals surface area contributed by atoms with E-state index in [0.29, 0.717) is 12.1 Å². The average Bonchev–Trinajstić information content (AvgIpc) is 2.16. The predicted octanol–water partition coefficient (Wildman–Crippen LogP) is 0.517. The Morgan fingerprint density at radius 2 is 1.81 bits per heavy atom. The molecule has 0 radical (unpaired) electrons. The Labute approximate surface area is 96.2 Å². The normalized spacial score (nSPS) is 15.8. The summed E-state index contributed by atoms with van der Waals surface area (Å²) >= 11 is 0. The van der Waals surface area contributed by atoms with E-state index in [2.05, 4.69) is 5.32 Å². The molecule has 0 amide bonds. The van der Waals surface area contributed by atoms with Crippen molar-refractivity contribution in [3.8, 4) is 0 Å². The molecule has 2 N–H and O–H groups in total. The number of sulfone groups is 1. The molecule has 1 atom stereocenters. The van der Waals surface area contributed by atoms with Crippen molar-refractivity contribution in [2.24, 2.45) is 0 Å². The molecule has 1 aromatic carbocycles. The van der Waals surface area contributed by atoms with Crippen molar-refractivity contribution in [2.45, 2.75) is 17.4 Å². The number of benzene rings is 1. The quantitative estimate of drug-likeness (QED) is 0.809. The molecule has 1 aromatic rings. The highest BCUT2D eigenvalue weighted by molar-refractivity contribution is 7.90. The second kappa shape index (κ2) is 4.53. The summed E-state index contributed by atoms with van der Waals surface area (Å²) in [6.45, 7) is 2.09. The zero-order chi connectivity index (χ0) is 12.4. The van der Waals surface area contributed by atoms with Gasteiger partial charge in [-0.05, 0) is 31.7 Å². The molecule has 0 heterocycles. The molecule has 0 aliphatic rings. The van der Waals surface area contributed by atoms with Crippen molar-refractivity contribution < 1.29 is 13.5 Å². The van der Waals surface area contributed by atoms with Gasteiger partial charge in [0.1, 0.15) is 0 Å². The first kappa shape index (κ1) is 13.2. The number of rotatable bonds is 4. The van der Waals surface area contributed by atoms with Gasteiger partial charge in [0, 0.05) is 12.8 Å². The van der Waals surface area contributed by atoms with Crippen LogP contribution in [0.15, 0.2) is 29.2 Å². The number of aliphatic hydroxyl groups is 1. The van der Waals surface area contributed by atoms with Crippen LogP contribution in [0.1, 0.15) is 12.5 Å². The van der Waals surface area contributed by atoms with Crippen molar-refractivity contribution in [3.05, 3.63) is 29.8 Å². The average molecular weight is 243 g/mol. The Kier molecular flexibility index (Phi) is 3.72. The van der Waals surface area contributed by atoms with Gasteiger partial charge < -0.3 is 10.4 Å². The van der Waals surface area contributed by atoms with Gasteiger partial charge in [0.25, 0.3) is 0 Å². The standard InChI is InChI=1S/C11H17NO3S/c1-11(13,8-12-2)9-4-6-10(7-5-9)16(3,14)15/h4-7,12-13H,8H2,1-3H3. The maximum Gasteiger partial charge on any atom is 0.175 e. The first-order chi connectivity index (χ1) is 7.27. The summed E-state index contributed by atoms with van der Waals surface area (Å²) < 4.78 is 22.5. The fourth-order valence-corrected chi connectivity index (χ4v) is 2.14. The molecule has 90 valence electrons. The summed E-state index contributed by atoms with van der Waals surface area (Å²) in [6.07, 6.45) is 1.16. The van der Waals surface area contributed by atoms with Crippen molar-refractivity contribution in [1.82, 2.24) is 5.32 Å². The van der Waals surface area contributed by atoms with Crippen LogP contribution in [-0.2, 0) is 15.4 Å². The molecule has 4 nitrogen and oxygen atoms in total. The van der Waals surface area contributed by atoms with Crippen LogP contribution in [0, 0.1) is 0 Å². The summed E-state index contributed by atoms with van der Waals surface area (Å²) in [6, 6.07) is 6.28. The lowest BCUT2D eigenvalue weighted by Gasteiger charge is -2.23. The third kappa shape index (κ3) is 3.04. The molecular weight excluding hydrogens is 226 g/mol. The van der Waals surface area contributed by atoms with Crippen molar-refractivity contribution in [3.63, 3.8) is 0 Å². The summed E-state index contributed by atoms with van der Waals surface area (Å²) in [5, 5.41) is 13.0. The minimum atomic E-state index is -3.17. The minimum absolute atomic E-state index is 0.261. The van der Waals surface area contributed by atoms with Crippen LogP contribution in [0.2, 0.25) is 0 Å². The molecular formula is C11H17NO3S. The van der Waals surface area contributed by atoms with E-state index >= 15 is 0 Å². The van der Waals surface area contributed by atoms with E-state index < -0.39 is 15.4 Å². The molecule has 1 rings (SSSR count). The van der Waals surface area contributed by atoms with Crippen LogP contribution in [0.25, 0.3) is 0 Å². The summed E-state index contributed by atoms with van der Waals surface area (Å²) in [7, 11) is -1.43. The Balaban J connectivity index is 3.04. The first-order valence-electron chi connectivity index (χ1n) is 4.95. The van der Waals surface area contributed by atoms with Gasteiger partial charge in [-0.1, -0.05) is 12.1 Å². The van der Waals surface area contributed by atoms with Crippen LogP contribution in [-0.4, -0.2) is 33.4 Å². The van der Waals surface area contributed by atoms with Gasteiger partial charge in [-0.25, -0.2) is 8.42 Å². The highest BCUT2D eigenvalue weighted by atomic mass is 32.2. The number of likely N-dealkylation sites (N-methyl/N-ethyl adjacent to an activating group) is 1. The van der Waals surface area contributed by atoms with Crippen molar-refractivity contribution in [1.29, 1.82) is 0 Å². The van der Waals surface area contributed by atoms with Gasteiger partial charge in [-0.2, -0.15) is 0 Å². The second-order valence-corrected chi connectivity index (χ2v) is 6.12. The van der Waals surface area contributed by atoms with E-state index in [1.807, 2.05) is 0 Å². The van der Waals surface area contributed by atoms with E-state index in [1.165, 1.54) is 12.1 Å². The number of hydrogen-bond donors (Lipinski definition) is 2. The first-order valence-corrected chi connectivity index (χ1v) is 6.84. The Morgan fingerprint density at radius 1 is 1.31 bits per heavy atom. The molecule has 0 saturated carbocycles. The van der Waals surface area contributed by atoms with Gasteiger partial charge in [0.05, 0.1) is 10.5 Å². The number of hydrogen-bond acceptors (Lipinski definition) is 4. The molecule has 0 aromatic heterocycles. The fourth-order valence-electron chi connectivity index (χ4n) is 1.51. The molecule has 0 bridgehead atoms. The smallest absolute Gasteiger partial charge is 0.175 e. The Morgan fingerprint density at radius 3 is 2.19 bits per heavy atom.